The van der Waals surface area contributed by atoms with Crippen molar-refractivity contribution in [2.45, 2.75) is 44.6 Å². The third kappa shape index (κ3) is 4.51. The zero-order chi connectivity index (χ0) is 15.2. The maximum atomic E-state index is 13.0. The van der Waals surface area contributed by atoms with E-state index in [0.717, 1.165) is 50.7 Å². The molecule has 0 unspecified atom stereocenters. The molecule has 1 aromatic carbocycles. The Morgan fingerprint density at radius 2 is 1.62 bits per heavy atom. The molecule has 0 bridgehead atoms. The molecule has 21 heavy (non-hydrogen) atoms. The Balaban J connectivity index is 1.89. The summed E-state index contributed by atoms with van der Waals surface area (Å²) in [6.45, 7) is 0. The zero-order valence-corrected chi connectivity index (χ0v) is 11.6. The van der Waals surface area contributed by atoms with Crippen LogP contribution >= 0.6 is 0 Å². The van der Waals surface area contributed by atoms with E-state index in [2.05, 4.69) is 10.6 Å². The number of anilines is 1. The minimum absolute atomic E-state index is 0.00991. The molecule has 2 amide bonds. The van der Waals surface area contributed by atoms with Crippen LogP contribution in [0.1, 0.15) is 38.5 Å². The van der Waals surface area contributed by atoms with Gasteiger partial charge in [-0.25, -0.2) is 8.78 Å². The summed E-state index contributed by atoms with van der Waals surface area (Å²) < 4.78 is 25.8. The highest BCUT2D eigenvalue weighted by molar-refractivity contribution is 6.39. The standard InChI is InChI=1S/C15H18F2N2O2/c16-12-8-7-11(9-13(12)17)19-15(21)14(20)18-10-5-3-1-2-4-6-10/h7-10H,1-6H2,(H,18,20)(H,19,21). The number of halogens is 2. The summed E-state index contributed by atoms with van der Waals surface area (Å²) in [5.41, 5.74) is 0.0508. The lowest BCUT2D eigenvalue weighted by Crippen LogP contribution is -2.41. The summed E-state index contributed by atoms with van der Waals surface area (Å²) in [6.07, 6.45) is 6.10. The van der Waals surface area contributed by atoms with Crippen molar-refractivity contribution in [3.8, 4) is 0 Å². The van der Waals surface area contributed by atoms with Gasteiger partial charge in [0.15, 0.2) is 11.6 Å². The molecule has 1 saturated carbocycles. The molecule has 1 aromatic rings. The normalized spacial score (nSPS) is 16.1. The molecule has 0 radical (unpaired) electrons. The minimum atomic E-state index is -1.07. The highest BCUT2D eigenvalue weighted by Crippen LogP contribution is 2.17. The topological polar surface area (TPSA) is 58.2 Å². The number of hydrogen-bond acceptors (Lipinski definition) is 2. The van der Waals surface area contributed by atoms with E-state index in [-0.39, 0.29) is 11.7 Å². The van der Waals surface area contributed by atoms with Crippen LogP contribution in [0.2, 0.25) is 0 Å². The van der Waals surface area contributed by atoms with Crippen LogP contribution in [0.3, 0.4) is 0 Å². The third-order valence-electron chi connectivity index (χ3n) is 3.57. The third-order valence-corrected chi connectivity index (χ3v) is 3.57. The van der Waals surface area contributed by atoms with Crippen LogP contribution in [0.25, 0.3) is 0 Å². The number of carbonyl (C=O) groups is 2. The first-order valence-corrected chi connectivity index (χ1v) is 7.13. The molecule has 114 valence electrons. The summed E-state index contributed by atoms with van der Waals surface area (Å²) in [4.78, 5) is 23.5. The van der Waals surface area contributed by atoms with Crippen molar-refractivity contribution >= 4 is 17.5 Å². The Morgan fingerprint density at radius 3 is 2.24 bits per heavy atom. The van der Waals surface area contributed by atoms with Crippen LogP contribution in [0.15, 0.2) is 18.2 Å². The summed E-state index contributed by atoms with van der Waals surface area (Å²) in [7, 11) is 0. The largest absolute Gasteiger partial charge is 0.345 e. The molecule has 0 atom stereocenters. The van der Waals surface area contributed by atoms with Gasteiger partial charge in [-0.3, -0.25) is 9.59 Å². The number of benzene rings is 1. The molecular weight excluding hydrogens is 278 g/mol. The summed E-state index contributed by atoms with van der Waals surface area (Å²) >= 11 is 0. The second kappa shape index (κ2) is 7.15. The van der Waals surface area contributed by atoms with E-state index < -0.39 is 23.4 Å². The lowest BCUT2D eigenvalue weighted by Gasteiger charge is -2.15. The predicted octanol–water partition coefficient (Wildman–Crippen LogP) is 2.74. The Bertz CT molecular complexity index is 526. The molecule has 2 rings (SSSR count). The quantitative estimate of drug-likeness (QED) is 0.651. The molecule has 0 heterocycles. The number of rotatable bonds is 2. The van der Waals surface area contributed by atoms with Gasteiger partial charge in [-0.1, -0.05) is 25.7 Å². The SMILES string of the molecule is O=C(Nc1ccc(F)c(F)c1)C(=O)NC1CCCCCC1. The second-order valence-electron chi connectivity index (χ2n) is 5.24. The van der Waals surface area contributed by atoms with Crippen molar-refractivity contribution in [1.29, 1.82) is 0 Å². The Morgan fingerprint density at radius 1 is 0.952 bits per heavy atom. The van der Waals surface area contributed by atoms with Gasteiger partial charge in [-0.2, -0.15) is 0 Å². The molecule has 6 heteroatoms. The van der Waals surface area contributed by atoms with Crippen molar-refractivity contribution in [3.05, 3.63) is 29.8 Å². The van der Waals surface area contributed by atoms with Crippen molar-refractivity contribution < 1.29 is 18.4 Å². The van der Waals surface area contributed by atoms with E-state index >= 15 is 0 Å². The lowest BCUT2D eigenvalue weighted by molar-refractivity contribution is -0.136. The van der Waals surface area contributed by atoms with E-state index in [9.17, 15) is 18.4 Å². The smallest absolute Gasteiger partial charge is 0.313 e. The summed E-state index contributed by atoms with van der Waals surface area (Å²) in [5.74, 6) is -3.69. The van der Waals surface area contributed by atoms with Crippen molar-refractivity contribution in [2.24, 2.45) is 0 Å². The highest BCUT2D eigenvalue weighted by Gasteiger charge is 2.20. The fraction of sp³-hybridized carbons (Fsp3) is 0.467. The maximum Gasteiger partial charge on any atom is 0.313 e. The highest BCUT2D eigenvalue weighted by atomic mass is 19.2. The van der Waals surface area contributed by atoms with Gasteiger partial charge in [-0.15, -0.1) is 0 Å². The minimum Gasteiger partial charge on any atom is -0.345 e. The van der Waals surface area contributed by atoms with Crippen LogP contribution in [-0.4, -0.2) is 17.9 Å². The lowest BCUT2D eigenvalue weighted by atomic mass is 10.1. The number of nitrogens with one attached hydrogen (secondary N) is 2. The van der Waals surface area contributed by atoms with Crippen LogP contribution in [0.5, 0.6) is 0 Å². The van der Waals surface area contributed by atoms with Gasteiger partial charge in [0, 0.05) is 17.8 Å². The summed E-state index contributed by atoms with van der Waals surface area (Å²) in [5, 5.41) is 4.94. The van der Waals surface area contributed by atoms with Gasteiger partial charge in [-0.05, 0) is 25.0 Å². The van der Waals surface area contributed by atoms with Gasteiger partial charge in [0.1, 0.15) is 0 Å². The number of amides is 2. The molecular formula is C15H18F2N2O2. The Kier molecular flexibility index (Phi) is 5.25. The Hall–Kier alpha value is -1.98. The van der Waals surface area contributed by atoms with E-state index in [4.69, 9.17) is 0 Å². The molecule has 0 saturated heterocycles. The average molecular weight is 296 g/mol. The molecule has 0 aromatic heterocycles. The Labute approximate surface area is 121 Å². The predicted molar refractivity (Wildman–Crippen MR) is 74.6 cm³/mol. The number of hydrogen-bond donors (Lipinski definition) is 2. The van der Waals surface area contributed by atoms with Gasteiger partial charge < -0.3 is 10.6 Å². The number of carbonyl (C=O) groups excluding carboxylic acids is 2. The van der Waals surface area contributed by atoms with E-state index in [1.807, 2.05) is 0 Å². The van der Waals surface area contributed by atoms with Gasteiger partial charge in [0.05, 0.1) is 0 Å². The summed E-state index contributed by atoms with van der Waals surface area (Å²) in [6, 6.07) is 2.95. The first-order valence-electron chi connectivity index (χ1n) is 7.13. The fourth-order valence-corrected chi connectivity index (χ4v) is 2.44. The van der Waals surface area contributed by atoms with Crippen molar-refractivity contribution in [3.63, 3.8) is 0 Å². The average Bonchev–Trinajstić information content (AvgIpc) is 2.71. The van der Waals surface area contributed by atoms with Gasteiger partial charge >= 0.3 is 11.8 Å². The van der Waals surface area contributed by atoms with Crippen molar-refractivity contribution in [2.75, 3.05) is 5.32 Å². The monoisotopic (exact) mass is 296 g/mol. The second-order valence-corrected chi connectivity index (χ2v) is 5.24. The van der Waals surface area contributed by atoms with Crippen LogP contribution < -0.4 is 10.6 Å². The van der Waals surface area contributed by atoms with E-state index in [0.29, 0.717) is 0 Å². The van der Waals surface area contributed by atoms with Crippen molar-refractivity contribution in [1.82, 2.24) is 5.32 Å². The molecule has 0 spiro atoms. The first-order chi connectivity index (χ1) is 10.1. The van der Waals surface area contributed by atoms with Gasteiger partial charge in [0.25, 0.3) is 0 Å². The van der Waals surface area contributed by atoms with Crippen LogP contribution in [0.4, 0.5) is 14.5 Å². The van der Waals surface area contributed by atoms with E-state index in [1.165, 1.54) is 6.07 Å². The maximum absolute atomic E-state index is 13.0. The molecule has 1 fully saturated rings. The molecule has 4 nitrogen and oxygen atoms in total. The van der Waals surface area contributed by atoms with E-state index in [1.54, 1.807) is 0 Å². The van der Waals surface area contributed by atoms with Gasteiger partial charge in [0.2, 0.25) is 0 Å². The fourth-order valence-electron chi connectivity index (χ4n) is 2.44. The molecule has 1 aliphatic carbocycles. The molecule has 1 aliphatic rings. The molecule has 0 aliphatic heterocycles. The van der Waals surface area contributed by atoms with Crippen LogP contribution in [0, 0.1) is 11.6 Å². The first kappa shape index (κ1) is 15.4. The zero-order valence-electron chi connectivity index (χ0n) is 11.6. The van der Waals surface area contributed by atoms with Crippen LogP contribution in [-0.2, 0) is 9.59 Å². The molecule has 2 N–H and O–H groups in total.